The fourth-order valence-electron chi connectivity index (χ4n) is 3.09. The normalized spacial score (nSPS) is 16.9. The summed E-state index contributed by atoms with van der Waals surface area (Å²) >= 11 is 0. The quantitative estimate of drug-likeness (QED) is 0.244. The highest BCUT2D eigenvalue weighted by atomic mass is 16.6. The Balaban J connectivity index is 1.97. The monoisotopic (exact) mass is 398 g/mol. The number of hydrogen-bond acceptors (Lipinski definition) is 5. The third-order valence-corrected chi connectivity index (χ3v) is 4.70. The number of allylic oxidation sites excluding steroid dienone is 2. The predicted molar refractivity (Wildman–Crippen MR) is 116 cm³/mol. The first-order valence-electron chi connectivity index (χ1n) is 9.98. The number of carbonyl (C=O) groups excluding carboxylic acids is 2. The molecule has 1 aliphatic heterocycles. The van der Waals surface area contributed by atoms with Crippen molar-refractivity contribution in [2.75, 3.05) is 25.1 Å². The van der Waals surface area contributed by atoms with Crippen LogP contribution in [0.2, 0.25) is 0 Å². The van der Waals surface area contributed by atoms with Crippen LogP contribution in [-0.2, 0) is 9.47 Å². The second-order valence-corrected chi connectivity index (χ2v) is 6.94. The molecule has 0 aliphatic carbocycles. The van der Waals surface area contributed by atoms with E-state index in [0.717, 1.165) is 24.1 Å². The maximum atomic E-state index is 12.3. The maximum absolute atomic E-state index is 12.3. The number of aliphatic imine (C=N–C) groups is 1. The number of unbranched alkanes of at least 4 members (excludes halogenated alkanes) is 1. The number of carbonyl (C=O) groups is 2. The van der Waals surface area contributed by atoms with Gasteiger partial charge in [-0.25, -0.2) is 4.79 Å². The second-order valence-electron chi connectivity index (χ2n) is 6.94. The number of hydrogen-bond donors (Lipinski definition) is 0. The lowest BCUT2D eigenvalue weighted by Gasteiger charge is -2.15. The van der Waals surface area contributed by atoms with Crippen molar-refractivity contribution in [2.24, 2.45) is 4.99 Å². The van der Waals surface area contributed by atoms with E-state index in [0.29, 0.717) is 30.8 Å². The molecule has 6 nitrogen and oxygen atoms in total. The van der Waals surface area contributed by atoms with Gasteiger partial charge in [0.2, 0.25) is 0 Å². The molecule has 1 fully saturated rings. The van der Waals surface area contributed by atoms with Gasteiger partial charge in [0.1, 0.15) is 6.61 Å². The van der Waals surface area contributed by atoms with E-state index in [1.165, 1.54) is 0 Å². The number of nitrogens with zero attached hydrogens (tertiary/aromatic N) is 2. The summed E-state index contributed by atoms with van der Waals surface area (Å²) in [6.45, 7) is 8.21. The third-order valence-electron chi connectivity index (χ3n) is 4.70. The molecule has 6 heteroatoms. The Kier molecular flexibility index (Phi) is 8.65. The molecule has 1 aromatic carbocycles. The molecular formula is C23H30N2O4. The van der Waals surface area contributed by atoms with Crippen molar-refractivity contribution in [3.05, 3.63) is 54.1 Å². The maximum Gasteiger partial charge on any atom is 0.414 e. The van der Waals surface area contributed by atoms with Crippen LogP contribution in [0.3, 0.4) is 0 Å². The summed E-state index contributed by atoms with van der Waals surface area (Å²) in [4.78, 5) is 30.3. The Labute approximate surface area is 172 Å². The van der Waals surface area contributed by atoms with Crippen LogP contribution in [0.25, 0.3) is 0 Å². The zero-order valence-corrected chi connectivity index (χ0v) is 17.5. The molecule has 0 radical (unpaired) electrons. The number of ether oxygens (including phenoxy) is 2. The number of cyclic esters (lactones) is 1. The van der Waals surface area contributed by atoms with Crippen molar-refractivity contribution in [3.63, 3.8) is 0 Å². The molecule has 1 aliphatic rings. The van der Waals surface area contributed by atoms with Crippen molar-refractivity contribution < 1.29 is 19.1 Å². The molecule has 1 amide bonds. The number of rotatable bonds is 10. The number of amides is 1. The van der Waals surface area contributed by atoms with Crippen LogP contribution in [-0.4, -0.2) is 44.1 Å². The second kappa shape index (κ2) is 11.2. The topological polar surface area (TPSA) is 68.2 Å². The first kappa shape index (κ1) is 22.4. The molecule has 0 spiro atoms. The van der Waals surface area contributed by atoms with Crippen LogP contribution in [0.15, 0.2) is 48.0 Å². The summed E-state index contributed by atoms with van der Waals surface area (Å²) in [6, 6.07) is 5.46. The van der Waals surface area contributed by atoms with E-state index >= 15 is 0 Å². The number of Topliss-reactive ketones (excluding diaryl/α,β-unsaturated/α-hetero) is 1. The smallest absolute Gasteiger partial charge is 0.414 e. The minimum Gasteiger partial charge on any atom is -0.477 e. The largest absolute Gasteiger partial charge is 0.477 e. The minimum atomic E-state index is -0.412. The van der Waals surface area contributed by atoms with Crippen molar-refractivity contribution in [3.8, 4) is 0 Å². The molecule has 0 bridgehead atoms. The van der Waals surface area contributed by atoms with E-state index < -0.39 is 6.09 Å². The van der Waals surface area contributed by atoms with Crippen molar-refractivity contribution >= 4 is 23.5 Å². The lowest BCUT2D eigenvalue weighted by atomic mass is 10.00. The third kappa shape index (κ3) is 6.31. The molecule has 156 valence electrons. The van der Waals surface area contributed by atoms with Crippen molar-refractivity contribution in [2.45, 2.75) is 45.6 Å². The molecular weight excluding hydrogens is 368 g/mol. The molecule has 1 saturated heterocycles. The average Bonchev–Trinajstić information content (AvgIpc) is 3.09. The van der Waals surface area contributed by atoms with E-state index in [1.807, 2.05) is 25.1 Å². The van der Waals surface area contributed by atoms with Gasteiger partial charge < -0.3 is 9.47 Å². The first-order chi connectivity index (χ1) is 14.0. The molecule has 1 aromatic rings. The van der Waals surface area contributed by atoms with Gasteiger partial charge in [0, 0.05) is 31.1 Å². The highest BCUT2D eigenvalue weighted by Gasteiger charge is 2.33. The SMILES string of the molecule is C=C/C=C\CC(=NC)OCC1CN(c2ccc(C(=O)CCCC)c(C)c2)C(=O)O1. The molecule has 0 aromatic heterocycles. The van der Waals surface area contributed by atoms with Crippen LogP contribution in [0.5, 0.6) is 0 Å². The zero-order chi connectivity index (χ0) is 21.2. The Morgan fingerprint density at radius 2 is 2.24 bits per heavy atom. The first-order valence-corrected chi connectivity index (χ1v) is 9.98. The van der Waals surface area contributed by atoms with Gasteiger partial charge in [0.15, 0.2) is 17.8 Å². The lowest BCUT2D eigenvalue weighted by molar-refractivity contribution is 0.0978. The van der Waals surface area contributed by atoms with Gasteiger partial charge in [0.25, 0.3) is 0 Å². The van der Waals surface area contributed by atoms with Crippen molar-refractivity contribution in [1.29, 1.82) is 0 Å². The highest BCUT2D eigenvalue weighted by Crippen LogP contribution is 2.25. The summed E-state index contributed by atoms with van der Waals surface area (Å²) in [5.41, 5.74) is 2.30. The Bertz CT molecular complexity index is 798. The minimum absolute atomic E-state index is 0.142. The summed E-state index contributed by atoms with van der Waals surface area (Å²) < 4.78 is 11.1. The summed E-state index contributed by atoms with van der Waals surface area (Å²) in [6.07, 6.45) is 7.59. The number of anilines is 1. The van der Waals surface area contributed by atoms with E-state index in [4.69, 9.17) is 9.47 Å². The standard InChI is InChI=1S/C23H30N2O4/c1-5-7-9-11-22(24-4)28-16-19-15-25(23(27)29-19)18-12-13-20(17(3)14-18)21(26)10-8-6-2/h5,7,9,12-14,19H,1,6,8,10-11,15-16H2,2-4H3/b9-7-,24-22?. The van der Waals surface area contributed by atoms with Crippen LogP contribution in [0, 0.1) is 6.92 Å². The van der Waals surface area contributed by atoms with Gasteiger partial charge in [0.05, 0.1) is 6.54 Å². The number of aryl methyl sites for hydroxylation is 1. The van der Waals surface area contributed by atoms with E-state index in [9.17, 15) is 9.59 Å². The molecule has 29 heavy (non-hydrogen) atoms. The number of ketones is 1. The van der Waals surface area contributed by atoms with Gasteiger partial charge in [-0.05, 0) is 37.1 Å². The van der Waals surface area contributed by atoms with Crippen LogP contribution >= 0.6 is 0 Å². The molecule has 0 saturated carbocycles. The van der Waals surface area contributed by atoms with E-state index in [1.54, 1.807) is 30.2 Å². The lowest BCUT2D eigenvalue weighted by Crippen LogP contribution is -2.26. The summed E-state index contributed by atoms with van der Waals surface area (Å²) in [5.74, 6) is 0.714. The van der Waals surface area contributed by atoms with E-state index in [2.05, 4.69) is 18.5 Å². The zero-order valence-electron chi connectivity index (χ0n) is 17.5. The average molecular weight is 399 g/mol. The molecule has 2 rings (SSSR count). The highest BCUT2D eigenvalue weighted by molar-refractivity contribution is 5.98. The van der Waals surface area contributed by atoms with Crippen molar-refractivity contribution in [1.82, 2.24) is 0 Å². The number of benzene rings is 1. The van der Waals surface area contributed by atoms with Gasteiger partial charge in [-0.15, -0.1) is 0 Å². The van der Waals surface area contributed by atoms with Gasteiger partial charge in [-0.3, -0.25) is 14.7 Å². The Morgan fingerprint density at radius 1 is 1.45 bits per heavy atom. The van der Waals surface area contributed by atoms with Crippen LogP contribution in [0.4, 0.5) is 10.5 Å². The predicted octanol–water partition coefficient (Wildman–Crippen LogP) is 4.87. The van der Waals surface area contributed by atoms with Crippen LogP contribution < -0.4 is 4.90 Å². The molecule has 1 heterocycles. The van der Waals surface area contributed by atoms with Crippen LogP contribution in [0.1, 0.15) is 48.5 Å². The molecule has 0 N–H and O–H groups in total. The van der Waals surface area contributed by atoms with Gasteiger partial charge >= 0.3 is 6.09 Å². The fraction of sp³-hybridized carbons (Fsp3) is 0.435. The van der Waals surface area contributed by atoms with Gasteiger partial charge in [-0.2, -0.15) is 0 Å². The van der Waals surface area contributed by atoms with Gasteiger partial charge in [-0.1, -0.05) is 38.2 Å². The summed E-state index contributed by atoms with van der Waals surface area (Å²) in [7, 11) is 1.66. The fourth-order valence-corrected chi connectivity index (χ4v) is 3.09. The Hall–Kier alpha value is -2.89. The van der Waals surface area contributed by atoms with E-state index in [-0.39, 0.29) is 18.5 Å². The molecule has 1 atom stereocenters. The Morgan fingerprint density at radius 3 is 2.90 bits per heavy atom. The summed E-state index contributed by atoms with van der Waals surface area (Å²) in [5, 5.41) is 0. The molecule has 1 unspecified atom stereocenters.